The third kappa shape index (κ3) is 133. The minimum absolute atomic E-state index is 0. The minimum atomic E-state index is -1.91. The van der Waals surface area contributed by atoms with Gasteiger partial charge in [0.1, 0.15) is 6.61 Å². The molecule has 0 aliphatic heterocycles. The Labute approximate surface area is 501 Å². The van der Waals surface area contributed by atoms with Gasteiger partial charge in [-0.15, -0.1) is 24.4 Å². The Morgan fingerprint density at radius 3 is 0.649 bits per heavy atom. The van der Waals surface area contributed by atoms with Gasteiger partial charge < -0.3 is 38.9 Å². The smallest absolute Gasteiger partial charge is 0.852 e. The summed E-state index contributed by atoms with van der Waals surface area (Å²) in [5.41, 5.74) is 0. The van der Waals surface area contributed by atoms with E-state index in [4.69, 9.17) is 13.6 Å². The van der Waals surface area contributed by atoms with Crippen molar-refractivity contribution in [3.63, 3.8) is 0 Å². The number of hydrogen-bond donors (Lipinski definition) is 1. The van der Waals surface area contributed by atoms with E-state index in [0.29, 0.717) is 19.8 Å². The van der Waals surface area contributed by atoms with E-state index < -0.39 is 41.6 Å². The van der Waals surface area contributed by atoms with Crippen molar-refractivity contribution < 1.29 is 70.0 Å². The van der Waals surface area contributed by atoms with Crippen LogP contribution in [-0.4, -0.2) is 60.3 Å². The molecule has 77 heavy (non-hydrogen) atoms. The van der Waals surface area contributed by atoms with E-state index in [1.54, 1.807) is 55.4 Å². The molecule has 0 amide bonds. The molecule has 0 radical (unpaired) electrons. The van der Waals surface area contributed by atoms with Gasteiger partial charge in [0, 0.05) is 6.42 Å². The van der Waals surface area contributed by atoms with Crippen LogP contribution in [0.15, 0.2) is 0 Å². The Morgan fingerprint density at radius 1 is 0.299 bits per heavy atom. The molecule has 0 aliphatic rings. The summed E-state index contributed by atoms with van der Waals surface area (Å²) in [6.07, 6.45) is 56.8. The fourth-order valence-electron chi connectivity index (χ4n) is 7.73. The first kappa shape index (κ1) is 91.9. The fourth-order valence-corrected chi connectivity index (χ4v) is 9.05. The van der Waals surface area contributed by atoms with Crippen LogP contribution in [-0.2, 0) is 35.3 Å². The predicted octanol–water partition coefficient (Wildman–Crippen LogP) is 17.6. The van der Waals surface area contributed by atoms with Crippen molar-refractivity contribution >= 4 is 17.2 Å². The molecule has 1 atom stereocenters. The molecule has 0 fully saturated rings. The molecule has 0 bridgehead atoms. The minimum Gasteiger partial charge on any atom is -0.852 e. The largest absolute Gasteiger partial charge is 4.00 e. The molecule has 0 spiro atoms. The maximum Gasteiger partial charge on any atom is 4.00 e. The Bertz CT molecular complexity index is 764. The maximum absolute atomic E-state index is 11.7. The van der Waals surface area contributed by atoms with E-state index in [1.165, 1.54) is 257 Å². The molecular weight excluding hydrogens is 1040 g/mol. The second kappa shape index (κ2) is 88.4. The van der Waals surface area contributed by atoms with Gasteiger partial charge in [-0.2, -0.15) is 0 Å². The first-order valence-corrected chi connectivity index (χ1v) is 35.0. The molecule has 0 aliphatic carbocycles. The van der Waals surface area contributed by atoms with Crippen LogP contribution in [0.5, 0.6) is 0 Å². The topological polar surface area (TPSA) is 176 Å². The molecule has 13 heteroatoms. The Balaban J connectivity index is -0.000000196. The van der Waals surface area contributed by atoms with Gasteiger partial charge in [-0.1, -0.05) is 333 Å². The van der Waals surface area contributed by atoms with E-state index in [0.717, 1.165) is 32.3 Å². The van der Waals surface area contributed by atoms with Crippen LogP contribution >= 0.6 is 17.2 Å². The molecule has 0 aromatic rings. The second-order valence-corrected chi connectivity index (χ2v) is 24.2. The normalized spacial score (nSPS) is 11.3. The van der Waals surface area contributed by atoms with Crippen molar-refractivity contribution in [2.75, 3.05) is 26.4 Å². The summed E-state index contributed by atoms with van der Waals surface area (Å²) in [5, 5.41) is 38.1. The Morgan fingerprint density at radius 2 is 0.455 bits per heavy atom. The van der Waals surface area contributed by atoms with Gasteiger partial charge in [-0.05, 0) is 25.7 Å². The average molecular weight is 1180 g/mol. The fraction of sp³-hybridized carbons (Fsp3) is 1.00. The molecule has 468 valence electrons. The summed E-state index contributed by atoms with van der Waals surface area (Å²) in [6.45, 7) is 24.6. The van der Waals surface area contributed by atoms with E-state index in [1.807, 2.05) is 0 Å². The average Bonchev–Trinajstić information content (AvgIpc) is 3.35. The third-order valence-electron chi connectivity index (χ3n) is 11.8. The monoisotopic (exact) mass is 1180 g/mol. The first-order chi connectivity index (χ1) is 36.5. The van der Waals surface area contributed by atoms with E-state index in [2.05, 4.69) is 32.2 Å². The van der Waals surface area contributed by atoms with Crippen LogP contribution in [0.25, 0.3) is 0 Å². The third-order valence-corrected chi connectivity index (χ3v) is 13.5. The van der Waals surface area contributed by atoms with E-state index >= 15 is 0 Å². The van der Waals surface area contributed by atoms with Crippen LogP contribution in [0.4, 0.5) is 0 Å². The predicted molar refractivity (Wildman–Crippen MR) is 327 cm³/mol. The number of hydrogen-bond acceptors (Lipinski definition) is 9. The van der Waals surface area contributed by atoms with Gasteiger partial charge >= 0.3 is 30.3 Å². The summed E-state index contributed by atoms with van der Waals surface area (Å²) in [7, 11) is -3.44. The second-order valence-electron chi connectivity index (χ2n) is 22.2. The molecule has 0 saturated carbocycles. The maximum atomic E-state index is 11.7. The molecule has 1 unspecified atom stereocenters. The molecule has 0 saturated heterocycles. The zero-order valence-electron chi connectivity index (χ0n) is 53.8. The SMILES string of the molecule is CC(C)[O-].CC(C)[O-].CC(C)[O-].CC(C)[O-].CCCCCCCCCCCCCOP(O)[OH+]CCCCCCCCCCCCC.CCCCCCCCCCCCCOP([O-])OCCCCCCCCCCCCC.[Ti+4]. The number of unbranched alkanes of at least 4 members (excludes halogenated alkanes) is 40. The van der Waals surface area contributed by atoms with E-state index in [9.17, 15) is 30.2 Å². The van der Waals surface area contributed by atoms with Gasteiger partial charge in [0.05, 0.1) is 28.4 Å². The van der Waals surface area contributed by atoms with Crippen LogP contribution in [0, 0.1) is 0 Å². The Hall–Kier alpha value is 1.17. The molecule has 2 N–H and O–H groups in total. The summed E-state index contributed by atoms with van der Waals surface area (Å²) in [5.74, 6) is 0. The number of aliphatic hydroxyl groups is 1. The first-order valence-electron chi connectivity index (χ1n) is 32.7. The van der Waals surface area contributed by atoms with Crippen molar-refractivity contribution in [3.8, 4) is 0 Å². The summed E-state index contributed by atoms with van der Waals surface area (Å²) in [4.78, 5) is 21.6. The van der Waals surface area contributed by atoms with Gasteiger partial charge in [0.25, 0.3) is 0 Å². The van der Waals surface area contributed by atoms with Crippen molar-refractivity contribution in [1.29, 1.82) is 0 Å². The summed E-state index contributed by atoms with van der Waals surface area (Å²) in [6, 6.07) is 0. The zero-order chi connectivity index (χ0) is 58.2. The molecule has 0 aromatic carbocycles. The molecule has 0 aromatic heterocycles. The number of rotatable bonds is 52. The van der Waals surface area contributed by atoms with Crippen molar-refractivity contribution in [2.24, 2.45) is 0 Å². The molecule has 0 heterocycles. The van der Waals surface area contributed by atoms with Gasteiger partial charge in [-0.3, -0.25) is 9.42 Å². The van der Waals surface area contributed by atoms with Crippen molar-refractivity contribution in [1.82, 2.24) is 0 Å². The van der Waals surface area contributed by atoms with Gasteiger partial charge in [0.2, 0.25) is 0 Å². The van der Waals surface area contributed by atoms with Crippen LogP contribution in [0.1, 0.15) is 366 Å². The zero-order valence-corrected chi connectivity index (χ0v) is 57.2. The van der Waals surface area contributed by atoms with Gasteiger partial charge in [0.15, 0.2) is 0 Å². The molecular formula is C64H138O10P2Ti. The standard InChI is InChI=1S/C26H55O3P.C26H54O3P.4C3H7O.Ti/c2*1-3-5-7-9-11-13-15-17-19-21-23-25-28-30(27)29-26-24-22-20-18-16-14-12-10-8-6-4-2;4*1-3(2)4;/h27H,3-26H2,1-2H3;3-26H2,1-2H3;4*3H,1-2H3;/q;5*-1;+4/p+1. The molecule has 10 nitrogen and oxygen atoms in total. The van der Waals surface area contributed by atoms with Crippen LogP contribution in [0.3, 0.4) is 0 Å². The molecule has 0 rings (SSSR count). The van der Waals surface area contributed by atoms with Crippen molar-refractivity contribution in [3.05, 3.63) is 0 Å². The van der Waals surface area contributed by atoms with E-state index in [-0.39, 0.29) is 21.7 Å². The summed E-state index contributed by atoms with van der Waals surface area (Å²) >= 11 is 0. The van der Waals surface area contributed by atoms with Crippen molar-refractivity contribution in [2.45, 2.75) is 390 Å². The van der Waals surface area contributed by atoms with Crippen LogP contribution < -0.4 is 25.3 Å². The quantitative estimate of drug-likeness (QED) is 0.0269. The Kier molecular flexibility index (Phi) is 106. The van der Waals surface area contributed by atoms with Crippen LogP contribution in [0.2, 0.25) is 0 Å². The summed E-state index contributed by atoms with van der Waals surface area (Å²) < 4.78 is 20.4. The van der Waals surface area contributed by atoms with Gasteiger partial charge in [-0.25, -0.2) is 0 Å².